The van der Waals surface area contributed by atoms with Crippen molar-refractivity contribution in [3.8, 4) is 11.5 Å². The molecule has 0 aliphatic carbocycles. The van der Waals surface area contributed by atoms with E-state index in [1.807, 2.05) is 19.1 Å². The van der Waals surface area contributed by atoms with Gasteiger partial charge in [0.05, 0.1) is 6.26 Å². The van der Waals surface area contributed by atoms with E-state index in [-0.39, 0.29) is 0 Å². The van der Waals surface area contributed by atoms with Crippen LogP contribution in [0, 0.1) is 6.92 Å². The van der Waals surface area contributed by atoms with E-state index in [2.05, 4.69) is 5.16 Å². The molecule has 0 atom stereocenters. The maximum Gasteiger partial charge on any atom is 0.159 e. The topological polar surface area (TPSA) is 65.2 Å². The second-order valence-corrected chi connectivity index (χ2v) is 3.14. The van der Waals surface area contributed by atoms with Gasteiger partial charge < -0.3 is 14.7 Å². The lowest BCUT2D eigenvalue weighted by Gasteiger charge is -1.95. The summed E-state index contributed by atoms with van der Waals surface area (Å²) in [6, 6.07) is 3.76. The highest BCUT2D eigenvalue weighted by Crippen LogP contribution is 2.24. The number of hydrogen-bond acceptors (Lipinski definition) is 4. The molecule has 0 amide bonds. The molecule has 0 fully saturated rings. The fraction of sp³-hybridized carbons (Fsp3) is 0.300. The van der Waals surface area contributed by atoms with Gasteiger partial charge in [0.1, 0.15) is 11.5 Å². The molecule has 0 saturated heterocycles. The van der Waals surface area contributed by atoms with Gasteiger partial charge in [-0.1, -0.05) is 5.16 Å². The molecule has 0 unspecified atom stereocenters. The molecule has 0 radical (unpaired) electrons. The van der Waals surface area contributed by atoms with Crippen molar-refractivity contribution in [3.63, 3.8) is 0 Å². The van der Waals surface area contributed by atoms with Gasteiger partial charge in [0, 0.05) is 11.6 Å². The fourth-order valence-corrected chi connectivity index (χ4v) is 1.39. The van der Waals surface area contributed by atoms with Crippen LogP contribution in [0.15, 0.2) is 27.3 Å². The third kappa shape index (κ3) is 1.56. The quantitative estimate of drug-likeness (QED) is 0.804. The van der Waals surface area contributed by atoms with E-state index in [9.17, 15) is 0 Å². The Morgan fingerprint density at radius 1 is 1.50 bits per heavy atom. The van der Waals surface area contributed by atoms with Crippen LogP contribution in [0.25, 0.3) is 11.5 Å². The predicted octanol–water partition coefficient (Wildman–Crippen LogP) is 1.74. The Labute approximate surface area is 81.7 Å². The molecule has 0 aliphatic rings. The van der Waals surface area contributed by atoms with Gasteiger partial charge in [0.25, 0.3) is 0 Å². The van der Waals surface area contributed by atoms with Crippen molar-refractivity contribution in [2.45, 2.75) is 13.3 Å². The van der Waals surface area contributed by atoms with Crippen molar-refractivity contribution in [2.24, 2.45) is 5.73 Å². The van der Waals surface area contributed by atoms with E-state index in [1.54, 1.807) is 6.26 Å². The molecular formula is C10H12N2O2. The normalized spacial score (nSPS) is 10.7. The van der Waals surface area contributed by atoms with Crippen molar-refractivity contribution in [3.05, 3.63) is 29.7 Å². The standard InChI is InChI=1S/C10H12N2O2/c1-7-6-9(12-14-7)10-8(2-4-11)3-5-13-10/h3,5-6H,2,4,11H2,1H3. The zero-order valence-corrected chi connectivity index (χ0v) is 7.99. The molecule has 0 aliphatic heterocycles. The largest absolute Gasteiger partial charge is 0.462 e. The Kier molecular flexibility index (Phi) is 2.37. The van der Waals surface area contributed by atoms with Crippen LogP contribution in [0.1, 0.15) is 11.3 Å². The van der Waals surface area contributed by atoms with E-state index >= 15 is 0 Å². The first-order chi connectivity index (χ1) is 6.81. The molecule has 4 heteroatoms. The van der Waals surface area contributed by atoms with Crippen molar-refractivity contribution in [2.75, 3.05) is 6.54 Å². The minimum absolute atomic E-state index is 0.601. The van der Waals surface area contributed by atoms with Crippen molar-refractivity contribution >= 4 is 0 Å². The van der Waals surface area contributed by atoms with Gasteiger partial charge in [-0.2, -0.15) is 0 Å². The Bertz CT molecular complexity index is 417. The third-order valence-electron chi connectivity index (χ3n) is 2.02. The summed E-state index contributed by atoms with van der Waals surface area (Å²) in [5.41, 5.74) is 7.29. The molecule has 74 valence electrons. The fourth-order valence-electron chi connectivity index (χ4n) is 1.39. The number of hydrogen-bond donors (Lipinski definition) is 1. The summed E-state index contributed by atoms with van der Waals surface area (Å²) in [4.78, 5) is 0. The second kappa shape index (κ2) is 3.67. The second-order valence-electron chi connectivity index (χ2n) is 3.14. The van der Waals surface area contributed by atoms with Crippen LogP contribution >= 0.6 is 0 Å². The van der Waals surface area contributed by atoms with Gasteiger partial charge in [-0.3, -0.25) is 0 Å². The summed E-state index contributed by atoms with van der Waals surface area (Å²) in [6.07, 6.45) is 2.43. The molecule has 2 N–H and O–H groups in total. The molecular weight excluding hydrogens is 180 g/mol. The number of nitrogens with zero attached hydrogens (tertiary/aromatic N) is 1. The van der Waals surface area contributed by atoms with E-state index in [0.717, 1.165) is 29.2 Å². The highest BCUT2D eigenvalue weighted by molar-refractivity contribution is 5.56. The molecule has 2 aromatic heterocycles. The highest BCUT2D eigenvalue weighted by Gasteiger charge is 2.11. The number of furan rings is 1. The van der Waals surface area contributed by atoms with Gasteiger partial charge in [-0.05, 0) is 26.0 Å². The first kappa shape index (κ1) is 9.02. The molecule has 0 aromatic carbocycles. The van der Waals surface area contributed by atoms with Gasteiger partial charge in [-0.25, -0.2) is 0 Å². The number of rotatable bonds is 3. The summed E-state index contributed by atoms with van der Waals surface area (Å²) in [5.74, 6) is 1.53. The average molecular weight is 192 g/mol. The van der Waals surface area contributed by atoms with Crippen LogP contribution in [-0.2, 0) is 6.42 Å². The molecule has 4 nitrogen and oxygen atoms in total. The van der Waals surface area contributed by atoms with Crippen LogP contribution in [0.5, 0.6) is 0 Å². The molecule has 2 heterocycles. The smallest absolute Gasteiger partial charge is 0.159 e. The lowest BCUT2D eigenvalue weighted by molar-refractivity contribution is 0.397. The molecule has 0 spiro atoms. The summed E-state index contributed by atoms with van der Waals surface area (Å²) in [5, 5.41) is 3.89. The van der Waals surface area contributed by atoms with Crippen LogP contribution in [0.2, 0.25) is 0 Å². The molecule has 14 heavy (non-hydrogen) atoms. The van der Waals surface area contributed by atoms with E-state index in [0.29, 0.717) is 6.54 Å². The summed E-state index contributed by atoms with van der Waals surface area (Å²) in [7, 11) is 0. The third-order valence-corrected chi connectivity index (χ3v) is 2.02. The van der Waals surface area contributed by atoms with Gasteiger partial charge >= 0.3 is 0 Å². The monoisotopic (exact) mass is 192 g/mol. The van der Waals surface area contributed by atoms with Crippen LogP contribution in [-0.4, -0.2) is 11.7 Å². The van der Waals surface area contributed by atoms with Crippen LogP contribution in [0.3, 0.4) is 0 Å². The zero-order valence-electron chi connectivity index (χ0n) is 7.99. The molecule has 2 aromatic rings. The maximum atomic E-state index is 5.49. The Morgan fingerprint density at radius 2 is 2.36 bits per heavy atom. The lowest BCUT2D eigenvalue weighted by Crippen LogP contribution is -2.02. The Morgan fingerprint density at radius 3 is 3.00 bits per heavy atom. The summed E-state index contributed by atoms with van der Waals surface area (Å²) >= 11 is 0. The molecule has 0 bridgehead atoms. The van der Waals surface area contributed by atoms with E-state index < -0.39 is 0 Å². The first-order valence-corrected chi connectivity index (χ1v) is 4.51. The summed E-state index contributed by atoms with van der Waals surface area (Å²) in [6.45, 7) is 2.45. The first-order valence-electron chi connectivity index (χ1n) is 4.51. The van der Waals surface area contributed by atoms with Gasteiger partial charge in [-0.15, -0.1) is 0 Å². The zero-order chi connectivity index (χ0) is 9.97. The number of aromatic nitrogens is 1. The Balaban J connectivity index is 2.36. The maximum absolute atomic E-state index is 5.49. The Hall–Kier alpha value is -1.55. The minimum Gasteiger partial charge on any atom is -0.462 e. The van der Waals surface area contributed by atoms with Crippen molar-refractivity contribution in [1.29, 1.82) is 0 Å². The average Bonchev–Trinajstić information content (AvgIpc) is 2.74. The van der Waals surface area contributed by atoms with Crippen molar-refractivity contribution in [1.82, 2.24) is 5.16 Å². The van der Waals surface area contributed by atoms with Crippen molar-refractivity contribution < 1.29 is 8.94 Å². The number of aryl methyl sites for hydroxylation is 1. The predicted molar refractivity (Wildman–Crippen MR) is 51.7 cm³/mol. The lowest BCUT2D eigenvalue weighted by atomic mass is 10.1. The number of nitrogens with two attached hydrogens (primary N) is 1. The SMILES string of the molecule is Cc1cc(-c2occc2CCN)no1. The van der Waals surface area contributed by atoms with E-state index in [4.69, 9.17) is 14.7 Å². The van der Waals surface area contributed by atoms with E-state index in [1.165, 1.54) is 0 Å². The van der Waals surface area contributed by atoms with Crippen LogP contribution < -0.4 is 5.73 Å². The van der Waals surface area contributed by atoms with Gasteiger partial charge in [0.2, 0.25) is 0 Å². The minimum atomic E-state index is 0.601. The summed E-state index contributed by atoms with van der Waals surface area (Å²) < 4.78 is 10.3. The molecule has 0 saturated carbocycles. The van der Waals surface area contributed by atoms with Gasteiger partial charge in [0.15, 0.2) is 5.76 Å². The van der Waals surface area contributed by atoms with Crippen LogP contribution in [0.4, 0.5) is 0 Å². The molecule has 2 rings (SSSR count). The highest BCUT2D eigenvalue weighted by atomic mass is 16.5.